The second-order valence-electron chi connectivity index (χ2n) is 6.99. The molecule has 0 bridgehead atoms. The molecule has 0 unspecified atom stereocenters. The summed E-state index contributed by atoms with van der Waals surface area (Å²) >= 11 is 1.44. The molecule has 3 aromatic rings. The molecule has 5 heterocycles. The van der Waals surface area contributed by atoms with Crippen molar-refractivity contribution in [1.82, 2.24) is 24.0 Å². The third-order valence-electron chi connectivity index (χ3n) is 5.19. The molecular formula is C18H19N5O2S. The predicted octanol–water partition coefficient (Wildman–Crippen LogP) is 2.49. The summed E-state index contributed by atoms with van der Waals surface area (Å²) in [4.78, 5) is 19.1. The van der Waals surface area contributed by atoms with Gasteiger partial charge in [-0.25, -0.2) is 0 Å². The zero-order valence-electron chi connectivity index (χ0n) is 14.5. The van der Waals surface area contributed by atoms with Gasteiger partial charge in [0.25, 0.3) is 0 Å². The van der Waals surface area contributed by atoms with Crippen LogP contribution in [0, 0.1) is 5.92 Å². The van der Waals surface area contributed by atoms with Crippen LogP contribution in [0.3, 0.4) is 0 Å². The lowest BCUT2D eigenvalue weighted by Gasteiger charge is -2.33. The molecule has 0 saturated carbocycles. The first-order valence-corrected chi connectivity index (χ1v) is 9.63. The van der Waals surface area contributed by atoms with Crippen molar-refractivity contribution in [2.75, 3.05) is 19.8 Å². The van der Waals surface area contributed by atoms with E-state index in [4.69, 9.17) is 9.84 Å². The number of hydrogen-bond acceptors (Lipinski definition) is 6. The highest BCUT2D eigenvalue weighted by molar-refractivity contribution is 7.13. The van der Waals surface area contributed by atoms with Crippen molar-refractivity contribution in [2.45, 2.75) is 25.9 Å². The molecular weight excluding hydrogens is 350 g/mol. The van der Waals surface area contributed by atoms with Crippen molar-refractivity contribution in [1.29, 1.82) is 0 Å². The van der Waals surface area contributed by atoms with E-state index in [0.717, 1.165) is 33.6 Å². The maximum absolute atomic E-state index is 12.8. The summed E-state index contributed by atoms with van der Waals surface area (Å²) in [5, 5.41) is 4.83. The molecule has 2 aliphatic heterocycles. The van der Waals surface area contributed by atoms with Gasteiger partial charge in [-0.2, -0.15) is 9.47 Å². The van der Waals surface area contributed by atoms with E-state index in [-0.39, 0.29) is 17.9 Å². The van der Waals surface area contributed by atoms with E-state index in [1.165, 1.54) is 11.5 Å². The molecule has 3 aromatic heterocycles. The minimum absolute atomic E-state index is 0.00755. The summed E-state index contributed by atoms with van der Waals surface area (Å²) in [5.74, 6) is 0.213. The maximum atomic E-state index is 12.8. The predicted molar refractivity (Wildman–Crippen MR) is 97.7 cm³/mol. The number of fused-ring (bicyclic) bond motifs is 2. The van der Waals surface area contributed by atoms with Gasteiger partial charge in [-0.1, -0.05) is 0 Å². The number of amides is 1. The van der Waals surface area contributed by atoms with Gasteiger partial charge < -0.3 is 9.64 Å². The molecule has 2 atom stereocenters. The van der Waals surface area contributed by atoms with Crippen molar-refractivity contribution in [3.8, 4) is 11.3 Å². The minimum Gasteiger partial charge on any atom is -0.381 e. The Morgan fingerprint density at radius 1 is 1.42 bits per heavy atom. The van der Waals surface area contributed by atoms with Crippen LogP contribution in [-0.2, 0) is 16.1 Å². The lowest BCUT2D eigenvalue weighted by Crippen LogP contribution is -2.43. The number of pyridine rings is 1. The number of carbonyl (C=O) groups is 1. The summed E-state index contributed by atoms with van der Waals surface area (Å²) < 4.78 is 12.7. The van der Waals surface area contributed by atoms with Crippen LogP contribution in [0.4, 0.5) is 0 Å². The fourth-order valence-corrected chi connectivity index (χ4v) is 4.59. The molecule has 0 aromatic carbocycles. The molecule has 7 nitrogen and oxygen atoms in total. The van der Waals surface area contributed by atoms with Gasteiger partial charge in [-0.15, -0.1) is 0 Å². The Bertz CT molecular complexity index is 975. The lowest BCUT2D eigenvalue weighted by molar-refractivity contribution is -0.137. The van der Waals surface area contributed by atoms with E-state index in [9.17, 15) is 4.79 Å². The second kappa shape index (κ2) is 6.14. The van der Waals surface area contributed by atoms with Crippen molar-refractivity contribution < 1.29 is 9.53 Å². The van der Waals surface area contributed by atoms with Crippen LogP contribution in [0.25, 0.3) is 21.5 Å². The Kier molecular flexibility index (Phi) is 3.75. The van der Waals surface area contributed by atoms with E-state index < -0.39 is 0 Å². The fourth-order valence-electron chi connectivity index (χ4n) is 3.86. The molecule has 1 saturated heterocycles. The first kappa shape index (κ1) is 15.9. The molecule has 0 radical (unpaired) electrons. The minimum atomic E-state index is 0.00755. The molecule has 26 heavy (non-hydrogen) atoms. The number of aromatic nitrogens is 4. The van der Waals surface area contributed by atoms with E-state index in [1.54, 1.807) is 12.4 Å². The Morgan fingerprint density at radius 3 is 3.19 bits per heavy atom. The number of rotatable bonds is 2. The van der Waals surface area contributed by atoms with E-state index in [0.29, 0.717) is 26.3 Å². The largest absolute Gasteiger partial charge is 0.381 e. The average molecular weight is 369 g/mol. The van der Waals surface area contributed by atoms with E-state index in [2.05, 4.69) is 27.0 Å². The second-order valence-corrected chi connectivity index (χ2v) is 7.79. The van der Waals surface area contributed by atoms with Crippen molar-refractivity contribution in [2.24, 2.45) is 5.92 Å². The van der Waals surface area contributed by atoms with Crippen LogP contribution < -0.4 is 0 Å². The van der Waals surface area contributed by atoms with Gasteiger partial charge in [-0.3, -0.25) is 14.5 Å². The smallest absolute Gasteiger partial charge is 0.228 e. The summed E-state index contributed by atoms with van der Waals surface area (Å²) in [7, 11) is 0. The highest BCUT2D eigenvalue weighted by Gasteiger charge is 2.33. The SMILES string of the molecule is C[C@H]1CN(C(=O)[C@@H]2CCOC2)Cc2cc(-c3ccnc4cnsc34)nn21. The summed E-state index contributed by atoms with van der Waals surface area (Å²) in [6.45, 7) is 4.64. The summed E-state index contributed by atoms with van der Waals surface area (Å²) in [5.41, 5.74) is 3.93. The molecule has 0 aliphatic carbocycles. The zero-order chi connectivity index (χ0) is 17.7. The molecule has 8 heteroatoms. The first-order valence-electron chi connectivity index (χ1n) is 8.85. The van der Waals surface area contributed by atoms with Crippen molar-refractivity contribution in [3.05, 3.63) is 30.2 Å². The van der Waals surface area contributed by atoms with Gasteiger partial charge in [0.05, 0.1) is 47.4 Å². The Morgan fingerprint density at radius 2 is 2.35 bits per heavy atom. The normalized spacial score (nSPS) is 22.7. The van der Waals surface area contributed by atoms with Crippen molar-refractivity contribution >= 4 is 27.7 Å². The average Bonchev–Trinajstić information content (AvgIpc) is 3.39. The molecule has 5 rings (SSSR count). The number of ether oxygens (including phenoxy) is 1. The molecule has 1 amide bonds. The van der Waals surface area contributed by atoms with E-state index >= 15 is 0 Å². The monoisotopic (exact) mass is 369 g/mol. The van der Waals surface area contributed by atoms with Crippen LogP contribution in [0.5, 0.6) is 0 Å². The van der Waals surface area contributed by atoms with Gasteiger partial charge >= 0.3 is 0 Å². The first-order chi connectivity index (χ1) is 12.7. The number of nitrogens with zero attached hydrogens (tertiary/aromatic N) is 5. The molecule has 134 valence electrons. The van der Waals surface area contributed by atoms with Crippen LogP contribution >= 0.6 is 11.5 Å². The highest BCUT2D eigenvalue weighted by Crippen LogP contribution is 2.32. The van der Waals surface area contributed by atoms with Crippen molar-refractivity contribution in [3.63, 3.8) is 0 Å². The molecule has 2 aliphatic rings. The number of carbonyl (C=O) groups excluding carboxylic acids is 1. The van der Waals surface area contributed by atoms with Crippen LogP contribution in [-0.4, -0.2) is 49.7 Å². The lowest BCUT2D eigenvalue weighted by atomic mass is 10.1. The van der Waals surface area contributed by atoms with Gasteiger partial charge in [0.1, 0.15) is 5.52 Å². The molecule has 1 fully saturated rings. The fraction of sp³-hybridized carbons (Fsp3) is 0.444. The topological polar surface area (TPSA) is 73.1 Å². The Labute approximate surface area is 154 Å². The number of hydrogen-bond donors (Lipinski definition) is 0. The maximum Gasteiger partial charge on any atom is 0.228 e. The Balaban J connectivity index is 1.48. The van der Waals surface area contributed by atoms with Crippen LogP contribution in [0.2, 0.25) is 0 Å². The van der Waals surface area contributed by atoms with Gasteiger partial charge in [0.15, 0.2) is 0 Å². The third-order valence-corrected chi connectivity index (χ3v) is 6.01. The molecule has 0 spiro atoms. The Hall–Kier alpha value is -2.32. The van der Waals surface area contributed by atoms with Gasteiger partial charge in [0, 0.05) is 24.9 Å². The van der Waals surface area contributed by atoms with E-state index in [1.807, 2.05) is 11.0 Å². The summed E-state index contributed by atoms with van der Waals surface area (Å²) in [6, 6.07) is 4.23. The highest BCUT2D eigenvalue weighted by atomic mass is 32.1. The van der Waals surface area contributed by atoms with Gasteiger partial charge in [-0.05, 0) is 37.0 Å². The standard InChI is InChI=1S/C18H19N5O2S/c1-11-8-22(18(24)12-3-5-25-10-12)9-13-6-15(21-23(11)13)14-2-4-19-16-7-20-26-17(14)16/h2,4,6-7,11-12H,3,5,8-10H2,1H3/t11-,12+/m0/s1. The van der Waals surface area contributed by atoms with Crippen LogP contribution in [0.15, 0.2) is 24.5 Å². The zero-order valence-corrected chi connectivity index (χ0v) is 15.3. The van der Waals surface area contributed by atoms with Gasteiger partial charge in [0.2, 0.25) is 5.91 Å². The van der Waals surface area contributed by atoms with Crippen LogP contribution in [0.1, 0.15) is 25.1 Å². The third kappa shape index (κ3) is 2.52. The summed E-state index contributed by atoms with van der Waals surface area (Å²) in [6.07, 6.45) is 4.41. The quantitative estimate of drug-likeness (QED) is 0.694. The molecule has 0 N–H and O–H groups in total.